The number of hydrogen-bond donors (Lipinski definition) is 0. The number of rotatable bonds is 4. The minimum absolute atomic E-state index is 0.172. The Labute approximate surface area is 134 Å². The number of aromatic nitrogens is 1. The summed E-state index contributed by atoms with van der Waals surface area (Å²) in [4.78, 5) is 30.5. The molecule has 2 heterocycles. The summed E-state index contributed by atoms with van der Waals surface area (Å²) >= 11 is 0. The van der Waals surface area contributed by atoms with Crippen molar-refractivity contribution >= 4 is 17.6 Å². The minimum atomic E-state index is -0.783. The average molecular weight is 310 g/mol. The van der Waals surface area contributed by atoms with Crippen molar-refractivity contribution in [3.63, 3.8) is 0 Å². The number of esters is 1. The van der Waals surface area contributed by atoms with Crippen molar-refractivity contribution < 1.29 is 14.3 Å². The molecule has 0 fully saturated rings. The van der Waals surface area contributed by atoms with E-state index in [9.17, 15) is 9.59 Å². The molecule has 5 nitrogen and oxygen atoms in total. The Morgan fingerprint density at radius 1 is 1.26 bits per heavy atom. The number of anilines is 1. The van der Waals surface area contributed by atoms with Crippen molar-refractivity contribution in [3.8, 4) is 0 Å². The predicted molar refractivity (Wildman–Crippen MR) is 86.2 cm³/mol. The molecule has 1 atom stereocenters. The molecular weight excluding hydrogens is 292 g/mol. The van der Waals surface area contributed by atoms with Gasteiger partial charge in [-0.1, -0.05) is 25.1 Å². The average Bonchev–Trinajstić information content (AvgIpc) is 3.03. The summed E-state index contributed by atoms with van der Waals surface area (Å²) in [5.74, 6) is -0.694. The van der Waals surface area contributed by atoms with Crippen molar-refractivity contribution in [2.24, 2.45) is 0 Å². The van der Waals surface area contributed by atoms with E-state index in [1.165, 1.54) is 6.20 Å². The largest absolute Gasteiger partial charge is 0.449 e. The van der Waals surface area contributed by atoms with Gasteiger partial charge in [0.15, 0.2) is 6.10 Å². The van der Waals surface area contributed by atoms with E-state index in [0.717, 1.165) is 17.7 Å². The highest BCUT2D eigenvalue weighted by Crippen LogP contribution is 2.28. The van der Waals surface area contributed by atoms with Crippen LogP contribution in [0.4, 0.5) is 5.69 Å². The van der Waals surface area contributed by atoms with Gasteiger partial charge in [0.05, 0.1) is 5.56 Å². The van der Waals surface area contributed by atoms with Gasteiger partial charge in [-0.3, -0.25) is 9.78 Å². The molecule has 1 aliphatic heterocycles. The molecule has 1 aromatic heterocycles. The summed E-state index contributed by atoms with van der Waals surface area (Å²) in [6, 6.07) is 11.1. The Hall–Kier alpha value is -2.69. The zero-order valence-electron chi connectivity index (χ0n) is 12.9. The molecule has 23 heavy (non-hydrogen) atoms. The number of carbonyl (C=O) groups excluding carboxylic acids is 2. The third-order valence-corrected chi connectivity index (χ3v) is 3.95. The van der Waals surface area contributed by atoms with Gasteiger partial charge in [-0.05, 0) is 36.6 Å². The van der Waals surface area contributed by atoms with E-state index in [2.05, 4.69) is 4.98 Å². The standard InChI is InChI=1S/C18H18N2O3/c1-2-16(23-18(22)14-7-5-10-19-12-14)17(21)20-11-9-13-6-3-4-8-15(13)20/h3-8,10,12,16H,2,9,11H2,1H3. The SMILES string of the molecule is CCC(OC(=O)c1cccnc1)C(=O)N1CCc2ccccc21. The molecule has 1 unspecified atom stereocenters. The quantitative estimate of drug-likeness (QED) is 0.815. The van der Waals surface area contributed by atoms with Crippen LogP contribution in [0.3, 0.4) is 0 Å². The maximum absolute atomic E-state index is 12.7. The molecule has 2 aromatic rings. The molecular formula is C18H18N2O3. The zero-order valence-corrected chi connectivity index (χ0v) is 12.9. The lowest BCUT2D eigenvalue weighted by molar-refractivity contribution is -0.127. The van der Waals surface area contributed by atoms with Crippen LogP contribution in [0.25, 0.3) is 0 Å². The van der Waals surface area contributed by atoms with E-state index in [1.54, 1.807) is 23.2 Å². The highest BCUT2D eigenvalue weighted by Gasteiger charge is 2.31. The number of fused-ring (bicyclic) bond motifs is 1. The lowest BCUT2D eigenvalue weighted by Gasteiger charge is -2.23. The third kappa shape index (κ3) is 3.08. The van der Waals surface area contributed by atoms with E-state index < -0.39 is 12.1 Å². The van der Waals surface area contributed by atoms with E-state index in [1.807, 2.05) is 31.2 Å². The van der Waals surface area contributed by atoms with Gasteiger partial charge in [0.2, 0.25) is 0 Å². The van der Waals surface area contributed by atoms with Crippen LogP contribution in [-0.2, 0) is 16.0 Å². The minimum Gasteiger partial charge on any atom is -0.449 e. The molecule has 0 aliphatic carbocycles. The Morgan fingerprint density at radius 3 is 2.83 bits per heavy atom. The summed E-state index contributed by atoms with van der Waals surface area (Å²) in [6.07, 6.45) is 3.50. The Balaban J connectivity index is 1.74. The number of nitrogens with zero attached hydrogens (tertiary/aromatic N) is 2. The van der Waals surface area contributed by atoms with E-state index in [-0.39, 0.29) is 5.91 Å². The fourth-order valence-corrected chi connectivity index (χ4v) is 2.73. The maximum atomic E-state index is 12.7. The van der Waals surface area contributed by atoms with E-state index >= 15 is 0 Å². The van der Waals surface area contributed by atoms with Gasteiger partial charge >= 0.3 is 5.97 Å². The number of hydrogen-bond acceptors (Lipinski definition) is 4. The molecule has 5 heteroatoms. The van der Waals surface area contributed by atoms with Gasteiger partial charge in [-0.25, -0.2) is 4.79 Å². The van der Waals surface area contributed by atoms with Crippen LogP contribution in [0.1, 0.15) is 29.3 Å². The number of ether oxygens (including phenoxy) is 1. The second-order valence-corrected chi connectivity index (χ2v) is 5.41. The third-order valence-electron chi connectivity index (χ3n) is 3.95. The van der Waals surface area contributed by atoms with E-state index in [4.69, 9.17) is 4.74 Å². The van der Waals surface area contributed by atoms with Gasteiger partial charge < -0.3 is 9.64 Å². The molecule has 3 rings (SSSR count). The smallest absolute Gasteiger partial charge is 0.340 e. The van der Waals surface area contributed by atoms with Crippen LogP contribution in [0.15, 0.2) is 48.8 Å². The van der Waals surface area contributed by atoms with Gasteiger partial charge in [0, 0.05) is 24.6 Å². The Morgan fingerprint density at radius 2 is 2.09 bits per heavy atom. The van der Waals surface area contributed by atoms with Crippen LogP contribution in [0.2, 0.25) is 0 Å². The number of para-hydroxylation sites is 1. The first-order valence-electron chi connectivity index (χ1n) is 7.71. The second kappa shape index (κ2) is 6.60. The number of amides is 1. The number of benzene rings is 1. The lowest BCUT2D eigenvalue weighted by atomic mass is 10.2. The lowest BCUT2D eigenvalue weighted by Crippen LogP contribution is -2.40. The van der Waals surface area contributed by atoms with Crippen molar-refractivity contribution in [1.29, 1.82) is 0 Å². The van der Waals surface area contributed by atoms with Crippen LogP contribution >= 0.6 is 0 Å². The maximum Gasteiger partial charge on any atom is 0.340 e. The highest BCUT2D eigenvalue weighted by atomic mass is 16.5. The van der Waals surface area contributed by atoms with Gasteiger partial charge in [-0.15, -0.1) is 0 Å². The van der Waals surface area contributed by atoms with Crippen molar-refractivity contribution in [2.75, 3.05) is 11.4 Å². The monoisotopic (exact) mass is 310 g/mol. The molecule has 118 valence electrons. The first-order valence-corrected chi connectivity index (χ1v) is 7.71. The van der Waals surface area contributed by atoms with E-state index in [0.29, 0.717) is 18.5 Å². The molecule has 0 N–H and O–H groups in total. The molecule has 1 aromatic carbocycles. The predicted octanol–water partition coefficient (Wildman–Crippen LogP) is 2.61. The van der Waals surface area contributed by atoms with Gasteiger partial charge in [-0.2, -0.15) is 0 Å². The molecule has 1 aliphatic rings. The van der Waals surface area contributed by atoms with Crippen molar-refractivity contribution in [2.45, 2.75) is 25.9 Å². The Bertz CT molecular complexity index is 715. The van der Waals surface area contributed by atoms with Crippen molar-refractivity contribution in [3.05, 3.63) is 59.9 Å². The zero-order chi connectivity index (χ0) is 16.2. The molecule has 0 saturated heterocycles. The van der Waals surface area contributed by atoms with Gasteiger partial charge in [0.25, 0.3) is 5.91 Å². The molecule has 0 bridgehead atoms. The topological polar surface area (TPSA) is 59.5 Å². The summed E-state index contributed by atoms with van der Waals surface area (Å²) in [5, 5.41) is 0. The normalized spacial score (nSPS) is 14.2. The second-order valence-electron chi connectivity index (χ2n) is 5.41. The molecule has 1 amide bonds. The number of carbonyl (C=O) groups is 2. The first kappa shape index (κ1) is 15.2. The summed E-state index contributed by atoms with van der Waals surface area (Å²) in [6.45, 7) is 2.46. The van der Waals surface area contributed by atoms with Crippen LogP contribution in [0, 0.1) is 0 Å². The molecule has 0 saturated carbocycles. The summed E-state index contributed by atoms with van der Waals surface area (Å²) < 4.78 is 5.40. The fraction of sp³-hybridized carbons (Fsp3) is 0.278. The Kier molecular flexibility index (Phi) is 4.37. The summed E-state index contributed by atoms with van der Waals surface area (Å²) in [7, 11) is 0. The molecule has 0 spiro atoms. The van der Waals surface area contributed by atoms with Crippen LogP contribution in [0.5, 0.6) is 0 Å². The fourth-order valence-electron chi connectivity index (χ4n) is 2.73. The van der Waals surface area contributed by atoms with Crippen LogP contribution in [-0.4, -0.2) is 29.5 Å². The summed E-state index contributed by atoms with van der Waals surface area (Å²) in [5.41, 5.74) is 2.41. The first-order chi connectivity index (χ1) is 11.2. The highest BCUT2D eigenvalue weighted by molar-refractivity contribution is 6.00. The van der Waals surface area contributed by atoms with Gasteiger partial charge in [0.1, 0.15) is 0 Å². The van der Waals surface area contributed by atoms with Crippen molar-refractivity contribution in [1.82, 2.24) is 4.98 Å². The van der Waals surface area contributed by atoms with Crippen LogP contribution < -0.4 is 4.90 Å². The number of pyridine rings is 1. The molecule has 0 radical (unpaired) electrons.